The summed E-state index contributed by atoms with van der Waals surface area (Å²) in [6.07, 6.45) is 5.62. The van der Waals surface area contributed by atoms with Gasteiger partial charge < -0.3 is 10.6 Å². The van der Waals surface area contributed by atoms with Crippen LogP contribution in [0.15, 0.2) is 4.99 Å². The summed E-state index contributed by atoms with van der Waals surface area (Å²) in [4.78, 5) is 6.99. The first-order valence-electron chi connectivity index (χ1n) is 6.69. The quantitative estimate of drug-likeness (QED) is 0.773. The number of nitrogens with zero attached hydrogens (tertiary/aromatic N) is 2. The molecule has 2 aliphatic carbocycles. The van der Waals surface area contributed by atoms with E-state index in [9.17, 15) is 0 Å². The van der Waals surface area contributed by atoms with E-state index >= 15 is 0 Å². The molecule has 3 nitrogen and oxygen atoms in total. The number of hydrogen-bond acceptors (Lipinski definition) is 3. The van der Waals surface area contributed by atoms with Crippen molar-refractivity contribution in [3.05, 3.63) is 0 Å². The molecular weight excluding hydrogens is 198 g/mol. The number of guanidine groups is 1. The van der Waals surface area contributed by atoms with E-state index in [1.807, 2.05) is 0 Å². The number of rotatable bonds is 2. The number of aliphatic imine (C=N–C) groups is 1. The smallest absolute Gasteiger partial charge is 0.191 e. The summed E-state index contributed by atoms with van der Waals surface area (Å²) in [5, 5.41) is 0. The van der Waals surface area contributed by atoms with Gasteiger partial charge in [-0.25, -0.2) is 0 Å². The van der Waals surface area contributed by atoms with E-state index in [-0.39, 0.29) is 0 Å². The molecule has 2 bridgehead atoms. The van der Waals surface area contributed by atoms with Crippen molar-refractivity contribution in [2.24, 2.45) is 28.5 Å². The average molecular weight is 221 g/mol. The largest absolute Gasteiger partial charge is 0.370 e. The molecule has 90 valence electrons. The van der Waals surface area contributed by atoms with Crippen molar-refractivity contribution in [3.63, 3.8) is 0 Å². The van der Waals surface area contributed by atoms with E-state index in [2.05, 4.69) is 23.7 Å². The van der Waals surface area contributed by atoms with Crippen molar-refractivity contribution in [2.75, 3.05) is 13.1 Å². The molecule has 3 aliphatic rings. The molecule has 0 aromatic carbocycles. The molecule has 2 fully saturated rings. The summed E-state index contributed by atoms with van der Waals surface area (Å²) in [6.45, 7) is 6.59. The third-order valence-corrected chi connectivity index (χ3v) is 4.82. The summed E-state index contributed by atoms with van der Waals surface area (Å²) in [5.74, 6) is 3.30. The number of hydrogen-bond donors (Lipinski definition) is 1. The van der Waals surface area contributed by atoms with Crippen LogP contribution >= 0.6 is 0 Å². The summed E-state index contributed by atoms with van der Waals surface area (Å²) in [6, 6.07) is 0. The van der Waals surface area contributed by atoms with Gasteiger partial charge in [-0.15, -0.1) is 0 Å². The molecule has 0 radical (unpaired) electrons. The van der Waals surface area contributed by atoms with Gasteiger partial charge in [0.15, 0.2) is 5.96 Å². The highest BCUT2D eigenvalue weighted by Crippen LogP contribution is 2.54. The molecule has 3 heteroatoms. The SMILES string of the molecule is CC(C)CN1C(N)=NCC12CC1CCC2C1. The van der Waals surface area contributed by atoms with Crippen LogP contribution in [0.25, 0.3) is 0 Å². The van der Waals surface area contributed by atoms with Crippen molar-refractivity contribution in [1.29, 1.82) is 0 Å². The standard InChI is InChI=1S/C13H23N3/c1-9(2)7-16-12(14)15-8-13(16)6-10-3-4-11(13)5-10/h9-11H,3-8H2,1-2H3,(H2,14,15). The number of fused-ring (bicyclic) bond motifs is 3. The Morgan fingerprint density at radius 2 is 2.31 bits per heavy atom. The first kappa shape index (κ1) is 10.4. The lowest BCUT2D eigenvalue weighted by atomic mass is 9.80. The van der Waals surface area contributed by atoms with Gasteiger partial charge in [-0.3, -0.25) is 4.99 Å². The van der Waals surface area contributed by atoms with E-state index < -0.39 is 0 Å². The van der Waals surface area contributed by atoms with Gasteiger partial charge in [-0.1, -0.05) is 13.8 Å². The highest BCUT2D eigenvalue weighted by Gasteiger charge is 2.56. The second kappa shape index (κ2) is 3.38. The minimum Gasteiger partial charge on any atom is -0.370 e. The highest BCUT2D eigenvalue weighted by atomic mass is 15.4. The Hall–Kier alpha value is -0.730. The molecule has 0 aromatic heterocycles. The zero-order valence-corrected chi connectivity index (χ0v) is 10.4. The zero-order chi connectivity index (χ0) is 11.3. The average Bonchev–Trinajstić information content (AvgIpc) is 2.88. The molecule has 3 unspecified atom stereocenters. The summed E-state index contributed by atoms with van der Waals surface area (Å²) >= 11 is 0. The molecule has 0 amide bonds. The minimum atomic E-state index is 0.331. The van der Waals surface area contributed by atoms with Crippen LogP contribution in [0.1, 0.15) is 39.5 Å². The predicted molar refractivity (Wildman–Crippen MR) is 66.2 cm³/mol. The summed E-state index contributed by atoms with van der Waals surface area (Å²) < 4.78 is 0. The molecule has 16 heavy (non-hydrogen) atoms. The maximum atomic E-state index is 6.09. The van der Waals surface area contributed by atoms with E-state index in [0.29, 0.717) is 11.5 Å². The van der Waals surface area contributed by atoms with Gasteiger partial charge in [0.25, 0.3) is 0 Å². The first-order chi connectivity index (χ1) is 7.62. The van der Waals surface area contributed by atoms with E-state index in [4.69, 9.17) is 5.73 Å². The van der Waals surface area contributed by atoms with Crippen LogP contribution in [0.4, 0.5) is 0 Å². The second-order valence-corrected chi connectivity index (χ2v) is 6.36. The lowest BCUT2D eigenvalue weighted by Gasteiger charge is -2.43. The van der Waals surface area contributed by atoms with Gasteiger partial charge in [0.1, 0.15) is 0 Å². The Morgan fingerprint density at radius 3 is 2.88 bits per heavy atom. The molecule has 0 saturated heterocycles. The van der Waals surface area contributed by atoms with Gasteiger partial charge in [0, 0.05) is 6.54 Å². The first-order valence-corrected chi connectivity index (χ1v) is 6.69. The van der Waals surface area contributed by atoms with E-state index in [0.717, 1.165) is 30.9 Å². The van der Waals surface area contributed by atoms with Gasteiger partial charge >= 0.3 is 0 Å². The van der Waals surface area contributed by atoms with Crippen molar-refractivity contribution < 1.29 is 0 Å². The molecule has 2 saturated carbocycles. The Morgan fingerprint density at radius 1 is 1.50 bits per heavy atom. The third kappa shape index (κ3) is 1.30. The van der Waals surface area contributed by atoms with Gasteiger partial charge in [-0.05, 0) is 43.4 Å². The minimum absolute atomic E-state index is 0.331. The van der Waals surface area contributed by atoms with Crippen LogP contribution in [-0.2, 0) is 0 Å². The monoisotopic (exact) mass is 221 g/mol. The van der Waals surface area contributed by atoms with Crippen LogP contribution in [-0.4, -0.2) is 29.5 Å². The van der Waals surface area contributed by atoms with Crippen LogP contribution < -0.4 is 5.73 Å². The molecule has 3 atom stereocenters. The van der Waals surface area contributed by atoms with Crippen molar-refractivity contribution in [3.8, 4) is 0 Å². The Labute approximate surface area is 98.1 Å². The van der Waals surface area contributed by atoms with Crippen molar-refractivity contribution in [2.45, 2.75) is 45.1 Å². The fourth-order valence-electron chi connectivity index (χ4n) is 4.20. The molecular formula is C13H23N3. The summed E-state index contributed by atoms with van der Waals surface area (Å²) in [7, 11) is 0. The van der Waals surface area contributed by atoms with Crippen molar-refractivity contribution >= 4 is 5.96 Å². The fraction of sp³-hybridized carbons (Fsp3) is 0.923. The van der Waals surface area contributed by atoms with Gasteiger partial charge in [0.2, 0.25) is 0 Å². The van der Waals surface area contributed by atoms with Crippen LogP contribution in [0.2, 0.25) is 0 Å². The normalized spacial score (nSPS) is 41.4. The topological polar surface area (TPSA) is 41.6 Å². The highest BCUT2D eigenvalue weighted by molar-refractivity contribution is 5.81. The lowest BCUT2D eigenvalue weighted by Crippen LogP contribution is -2.55. The fourth-order valence-corrected chi connectivity index (χ4v) is 4.20. The molecule has 1 heterocycles. The Balaban J connectivity index is 1.85. The molecule has 2 N–H and O–H groups in total. The maximum Gasteiger partial charge on any atom is 0.191 e. The van der Waals surface area contributed by atoms with Crippen molar-refractivity contribution in [1.82, 2.24) is 4.90 Å². The van der Waals surface area contributed by atoms with Gasteiger partial charge in [-0.2, -0.15) is 0 Å². The summed E-state index contributed by atoms with van der Waals surface area (Å²) in [5.41, 5.74) is 6.42. The van der Waals surface area contributed by atoms with Crippen LogP contribution in [0.5, 0.6) is 0 Å². The van der Waals surface area contributed by atoms with Gasteiger partial charge in [0.05, 0.1) is 12.1 Å². The third-order valence-electron chi connectivity index (χ3n) is 4.82. The molecule has 3 rings (SSSR count). The maximum absolute atomic E-state index is 6.09. The molecule has 1 spiro atoms. The Bertz CT molecular complexity index is 323. The van der Waals surface area contributed by atoms with E-state index in [1.54, 1.807) is 0 Å². The van der Waals surface area contributed by atoms with Crippen LogP contribution in [0.3, 0.4) is 0 Å². The predicted octanol–water partition coefficient (Wildman–Crippen LogP) is 1.83. The second-order valence-electron chi connectivity index (χ2n) is 6.36. The van der Waals surface area contributed by atoms with Crippen LogP contribution in [0, 0.1) is 17.8 Å². The number of nitrogens with two attached hydrogens (primary N) is 1. The molecule has 0 aromatic rings. The van der Waals surface area contributed by atoms with E-state index in [1.165, 1.54) is 25.7 Å². The molecule has 1 aliphatic heterocycles. The zero-order valence-electron chi connectivity index (χ0n) is 10.4. The lowest BCUT2D eigenvalue weighted by molar-refractivity contribution is 0.112. The Kier molecular flexibility index (Phi) is 2.20.